The molecule has 0 atom stereocenters. The smallest absolute Gasteiger partial charge is 0.242 e. The van der Waals surface area contributed by atoms with E-state index in [4.69, 9.17) is 5.11 Å². The Bertz CT molecular complexity index is 352. The SMILES string of the molecule is CC(=O)N=C(C)Cc1ccc(O)cc1. The van der Waals surface area contributed by atoms with Crippen molar-refractivity contribution in [2.24, 2.45) is 4.99 Å². The van der Waals surface area contributed by atoms with E-state index in [2.05, 4.69) is 4.99 Å². The van der Waals surface area contributed by atoms with Gasteiger partial charge in [-0.2, -0.15) is 0 Å². The van der Waals surface area contributed by atoms with Gasteiger partial charge in [0, 0.05) is 19.1 Å². The average Bonchev–Trinajstić information content (AvgIpc) is 2.07. The third-order valence-electron chi connectivity index (χ3n) is 1.74. The van der Waals surface area contributed by atoms with Crippen LogP contribution in [0.4, 0.5) is 0 Å². The predicted molar refractivity (Wildman–Crippen MR) is 55.6 cm³/mol. The van der Waals surface area contributed by atoms with Gasteiger partial charge in [-0.1, -0.05) is 12.1 Å². The lowest BCUT2D eigenvalue weighted by atomic mass is 10.1. The highest BCUT2D eigenvalue weighted by Gasteiger charge is 1.97. The monoisotopic (exact) mass is 191 g/mol. The molecule has 1 amide bonds. The number of phenolic OH excluding ortho intramolecular Hbond substituents is 1. The molecule has 0 aliphatic rings. The van der Waals surface area contributed by atoms with Crippen LogP contribution in [0, 0.1) is 0 Å². The van der Waals surface area contributed by atoms with E-state index in [9.17, 15) is 4.79 Å². The van der Waals surface area contributed by atoms with E-state index in [-0.39, 0.29) is 11.7 Å². The standard InChI is InChI=1S/C11H13NO2/c1-8(12-9(2)13)7-10-3-5-11(14)6-4-10/h3-6,14H,7H2,1-2H3. The van der Waals surface area contributed by atoms with Crippen molar-refractivity contribution in [3.63, 3.8) is 0 Å². The summed E-state index contributed by atoms with van der Waals surface area (Å²) in [6.07, 6.45) is 0.639. The van der Waals surface area contributed by atoms with Crippen LogP contribution in [0.15, 0.2) is 29.3 Å². The molecule has 0 unspecified atom stereocenters. The molecule has 1 N–H and O–H groups in total. The molecule has 0 aromatic heterocycles. The number of nitrogens with zero attached hydrogens (tertiary/aromatic N) is 1. The van der Waals surface area contributed by atoms with Crippen molar-refractivity contribution in [3.05, 3.63) is 29.8 Å². The Morgan fingerprint density at radius 3 is 2.36 bits per heavy atom. The molecule has 0 fully saturated rings. The summed E-state index contributed by atoms with van der Waals surface area (Å²) in [5.41, 5.74) is 1.81. The van der Waals surface area contributed by atoms with Crippen molar-refractivity contribution < 1.29 is 9.90 Å². The van der Waals surface area contributed by atoms with Gasteiger partial charge < -0.3 is 5.11 Å². The van der Waals surface area contributed by atoms with Gasteiger partial charge in [-0.15, -0.1) is 0 Å². The number of carbonyl (C=O) groups excluding carboxylic acids is 1. The van der Waals surface area contributed by atoms with Crippen LogP contribution in [0.5, 0.6) is 5.75 Å². The molecule has 0 saturated heterocycles. The Hall–Kier alpha value is -1.64. The number of benzene rings is 1. The first-order chi connectivity index (χ1) is 6.58. The highest BCUT2D eigenvalue weighted by atomic mass is 16.3. The predicted octanol–water partition coefficient (Wildman–Crippen LogP) is 1.94. The van der Waals surface area contributed by atoms with Crippen LogP contribution < -0.4 is 0 Å². The van der Waals surface area contributed by atoms with Gasteiger partial charge in [0.15, 0.2) is 0 Å². The lowest BCUT2D eigenvalue weighted by Crippen LogP contribution is -2.00. The van der Waals surface area contributed by atoms with Crippen LogP contribution in [0.25, 0.3) is 0 Å². The summed E-state index contributed by atoms with van der Waals surface area (Å²) < 4.78 is 0. The Balaban J connectivity index is 2.69. The highest BCUT2D eigenvalue weighted by Crippen LogP contribution is 2.10. The molecule has 3 heteroatoms. The zero-order valence-corrected chi connectivity index (χ0v) is 8.32. The number of amides is 1. The molecule has 14 heavy (non-hydrogen) atoms. The normalized spacial score (nSPS) is 11.4. The third kappa shape index (κ3) is 3.39. The molecular formula is C11H13NO2. The average molecular weight is 191 g/mol. The van der Waals surface area contributed by atoms with Gasteiger partial charge in [0.2, 0.25) is 5.91 Å². The molecule has 0 aliphatic heterocycles. The van der Waals surface area contributed by atoms with E-state index in [0.29, 0.717) is 6.42 Å². The number of hydrogen-bond acceptors (Lipinski definition) is 2. The van der Waals surface area contributed by atoms with Crippen LogP contribution in [0.1, 0.15) is 19.4 Å². The van der Waals surface area contributed by atoms with Crippen LogP contribution in [0.2, 0.25) is 0 Å². The van der Waals surface area contributed by atoms with Gasteiger partial charge >= 0.3 is 0 Å². The van der Waals surface area contributed by atoms with E-state index in [1.165, 1.54) is 6.92 Å². The lowest BCUT2D eigenvalue weighted by molar-refractivity contribution is -0.115. The minimum Gasteiger partial charge on any atom is -0.508 e. The number of rotatable bonds is 2. The fourth-order valence-electron chi connectivity index (χ4n) is 1.22. The summed E-state index contributed by atoms with van der Waals surface area (Å²) >= 11 is 0. The first kappa shape index (κ1) is 10.4. The maximum atomic E-state index is 10.7. The topological polar surface area (TPSA) is 49.7 Å². The minimum absolute atomic E-state index is 0.179. The summed E-state index contributed by atoms with van der Waals surface area (Å²) in [6.45, 7) is 3.24. The summed E-state index contributed by atoms with van der Waals surface area (Å²) in [5, 5.41) is 9.05. The number of phenols is 1. The first-order valence-electron chi connectivity index (χ1n) is 4.40. The fourth-order valence-corrected chi connectivity index (χ4v) is 1.22. The Morgan fingerprint density at radius 2 is 1.86 bits per heavy atom. The summed E-state index contributed by atoms with van der Waals surface area (Å²) in [5.74, 6) is 0.0659. The van der Waals surface area contributed by atoms with Gasteiger partial charge in [-0.25, -0.2) is 4.99 Å². The fraction of sp³-hybridized carbons (Fsp3) is 0.273. The molecule has 0 radical (unpaired) electrons. The second kappa shape index (κ2) is 4.56. The van der Waals surface area contributed by atoms with Crippen molar-refractivity contribution in [1.82, 2.24) is 0 Å². The Kier molecular flexibility index (Phi) is 3.40. The summed E-state index contributed by atoms with van der Waals surface area (Å²) in [4.78, 5) is 14.5. The highest BCUT2D eigenvalue weighted by molar-refractivity contribution is 5.94. The van der Waals surface area contributed by atoms with E-state index in [0.717, 1.165) is 11.3 Å². The van der Waals surface area contributed by atoms with E-state index in [1.54, 1.807) is 12.1 Å². The number of aliphatic imine (C=N–C) groups is 1. The minimum atomic E-state index is -0.179. The quantitative estimate of drug-likeness (QED) is 0.726. The maximum Gasteiger partial charge on any atom is 0.242 e. The van der Waals surface area contributed by atoms with Crippen LogP contribution in [-0.4, -0.2) is 16.7 Å². The first-order valence-corrected chi connectivity index (χ1v) is 4.40. The van der Waals surface area contributed by atoms with Crippen molar-refractivity contribution in [3.8, 4) is 5.75 Å². The maximum absolute atomic E-state index is 10.7. The molecule has 1 rings (SSSR count). The van der Waals surface area contributed by atoms with Crippen molar-refractivity contribution >= 4 is 11.6 Å². The Labute approximate surface area is 83.1 Å². The molecule has 74 valence electrons. The summed E-state index contributed by atoms with van der Waals surface area (Å²) in [6, 6.07) is 6.87. The Morgan fingerprint density at radius 1 is 1.29 bits per heavy atom. The molecule has 0 heterocycles. The van der Waals surface area contributed by atoms with Gasteiger partial charge in [-0.3, -0.25) is 4.79 Å². The van der Waals surface area contributed by atoms with Crippen molar-refractivity contribution in [2.75, 3.05) is 0 Å². The summed E-state index contributed by atoms with van der Waals surface area (Å²) in [7, 11) is 0. The molecule has 0 saturated carbocycles. The van der Waals surface area contributed by atoms with Crippen molar-refractivity contribution in [1.29, 1.82) is 0 Å². The molecule has 0 bridgehead atoms. The van der Waals surface area contributed by atoms with E-state index < -0.39 is 0 Å². The van der Waals surface area contributed by atoms with Gasteiger partial charge in [0.25, 0.3) is 0 Å². The number of hydrogen-bond donors (Lipinski definition) is 1. The van der Waals surface area contributed by atoms with Gasteiger partial charge in [0.1, 0.15) is 5.75 Å². The van der Waals surface area contributed by atoms with Crippen LogP contribution in [0.3, 0.4) is 0 Å². The molecule has 0 spiro atoms. The van der Waals surface area contributed by atoms with Gasteiger partial charge in [0.05, 0.1) is 0 Å². The number of carbonyl (C=O) groups is 1. The van der Waals surface area contributed by atoms with Gasteiger partial charge in [-0.05, 0) is 24.6 Å². The molecule has 1 aromatic carbocycles. The van der Waals surface area contributed by atoms with E-state index >= 15 is 0 Å². The molecule has 0 aliphatic carbocycles. The number of aromatic hydroxyl groups is 1. The second-order valence-corrected chi connectivity index (χ2v) is 3.21. The molecule has 3 nitrogen and oxygen atoms in total. The lowest BCUT2D eigenvalue weighted by Gasteiger charge is -2.00. The van der Waals surface area contributed by atoms with Crippen molar-refractivity contribution in [2.45, 2.75) is 20.3 Å². The third-order valence-corrected chi connectivity index (χ3v) is 1.74. The van der Waals surface area contributed by atoms with Crippen LogP contribution >= 0.6 is 0 Å². The van der Waals surface area contributed by atoms with Crippen LogP contribution in [-0.2, 0) is 11.2 Å². The van der Waals surface area contributed by atoms with E-state index in [1.807, 2.05) is 19.1 Å². The second-order valence-electron chi connectivity index (χ2n) is 3.21. The zero-order valence-electron chi connectivity index (χ0n) is 8.32. The molecule has 1 aromatic rings. The largest absolute Gasteiger partial charge is 0.508 e. The molecular weight excluding hydrogens is 178 g/mol. The zero-order chi connectivity index (χ0) is 10.6.